The molecule has 2 rings (SSSR count). The Kier molecular flexibility index (Phi) is 5.21. The Hall–Kier alpha value is -2.28. The zero-order valence-corrected chi connectivity index (χ0v) is 12.8. The van der Waals surface area contributed by atoms with E-state index in [1.807, 2.05) is 12.1 Å². The molecule has 1 heterocycles. The Balaban J connectivity index is 2.13. The SMILES string of the molecule is COc1ccccc1/C=C1/SC(=O)N(CCCC(=O)O)C1=O. The number of carbonyl (C=O) groups is 3. The number of aliphatic carboxylic acids is 1. The minimum Gasteiger partial charge on any atom is -0.496 e. The van der Waals surface area contributed by atoms with Crippen LogP contribution in [-0.2, 0) is 9.59 Å². The maximum absolute atomic E-state index is 12.2. The second kappa shape index (κ2) is 7.13. The van der Waals surface area contributed by atoms with Gasteiger partial charge in [-0.1, -0.05) is 18.2 Å². The van der Waals surface area contributed by atoms with Crippen LogP contribution in [0.5, 0.6) is 5.75 Å². The first-order chi connectivity index (χ1) is 10.5. The van der Waals surface area contributed by atoms with Gasteiger partial charge in [0, 0.05) is 18.5 Å². The third kappa shape index (κ3) is 3.67. The molecule has 22 heavy (non-hydrogen) atoms. The highest BCUT2D eigenvalue weighted by atomic mass is 32.2. The molecule has 0 bridgehead atoms. The number of carboxylic acids is 1. The fraction of sp³-hybridized carbons (Fsp3) is 0.267. The number of amides is 2. The Morgan fingerprint density at radius 3 is 2.77 bits per heavy atom. The van der Waals surface area contributed by atoms with E-state index in [1.165, 1.54) is 7.11 Å². The minimum absolute atomic E-state index is 0.0761. The molecule has 1 aliphatic heterocycles. The summed E-state index contributed by atoms with van der Waals surface area (Å²) >= 11 is 0.850. The largest absolute Gasteiger partial charge is 0.496 e. The van der Waals surface area contributed by atoms with Crippen LogP contribution < -0.4 is 4.74 Å². The molecular weight excluding hydrogens is 306 g/mol. The fourth-order valence-corrected chi connectivity index (χ4v) is 2.86. The summed E-state index contributed by atoms with van der Waals surface area (Å²) in [5, 5.41) is 8.23. The summed E-state index contributed by atoms with van der Waals surface area (Å²) in [5.41, 5.74) is 0.709. The first-order valence-electron chi connectivity index (χ1n) is 6.63. The quantitative estimate of drug-likeness (QED) is 0.811. The van der Waals surface area contributed by atoms with Crippen molar-refractivity contribution in [3.05, 3.63) is 34.7 Å². The molecule has 1 N–H and O–H groups in total. The number of hydrogen-bond acceptors (Lipinski definition) is 5. The molecule has 1 fully saturated rings. The lowest BCUT2D eigenvalue weighted by molar-refractivity contribution is -0.137. The highest BCUT2D eigenvalue weighted by Crippen LogP contribution is 2.33. The van der Waals surface area contributed by atoms with Gasteiger partial charge in [-0.3, -0.25) is 19.3 Å². The van der Waals surface area contributed by atoms with Crippen LogP contribution in [-0.4, -0.2) is 40.8 Å². The third-order valence-electron chi connectivity index (χ3n) is 3.07. The summed E-state index contributed by atoms with van der Waals surface area (Å²) in [4.78, 5) is 36.0. The average Bonchev–Trinajstić information content (AvgIpc) is 2.75. The number of carboxylic acid groups (broad SMARTS) is 1. The van der Waals surface area contributed by atoms with Gasteiger partial charge in [-0.25, -0.2) is 0 Å². The number of imide groups is 1. The van der Waals surface area contributed by atoms with Crippen molar-refractivity contribution in [1.29, 1.82) is 0 Å². The highest BCUT2D eigenvalue weighted by molar-refractivity contribution is 8.18. The van der Waals surface area contributed by atoms with Gasteiger partial charge in [0.15, 0.2) is 0 Å². The molecule has 116 valence electrons. The van der Waals surface area contributed by atoms with Gasteiger partial charge in [-0.15, -0.1) is 0 Å². The third-order valence-corrected chi connectivity index (χ3v) is 3.98. The van der Waals surface area contributed by atoms with Gasteiger partial charge < -0.3 is 9.84 Å². The molecule has 1 saturated heterocycles. The Morgan fingerprint density at radius 2 is 2.09 bits per heavy atom. The van der Waals surface area contributed by atoms with Gasteiger partial charge in [0.2, 0.25) is 0 Å². The van der Waals surface area contributed by atoms with Crippen LogP contribution in [0.15, 0.2) is 29.2 Å². The average molecular weight is 321 g/mol. The van der Waals surface area contributed by atoms with Crippen molar-refractivity contribution in [2.24, 2.45) is 0 Å². The van der Waals surface area contributed by atoms with Gasteiger partial charge in [0.1, 0.15) is 5.75 Å². The predicted octanol–water partition coefficient (Wildman–Crippen LogP) is 2.60. The van der Waals surface area contributed by atoms with E-state index in [1.54, 1.807) is 18.2 Å². The van der Waals surface area contributed by atoms with Crippen molar-refractivity contribution in [2.75, 3.05) is 13.7 Å². The molecule has 0 saturated carbocycles. The fourth-order valence-electron chi connectivity index (χ4n) is 2.01. The van der Waals surface area contributed by atoms with Crippen LogP contribution in [0.3, 0.4) is 0 Å². The van der Waals surface area contributed by atoms with Crippen LogP contribution in [0, 0.1) is 0 Å². The van der Waals surface area contributed by atoms with E-state index in [-0.39, 0.29) is 24.6 Å². The number of benzene rings is 1. The molecule has 0 spiro atoms. The minimum atomic E-state index is -0.948. The smallest absolute Gasteiger partial charge is 0.303 e. The number of rotatable bonds is 6. The van der Waals surface area contributed by atoms with Crippen LogP contribution >= 0.6 is 11.8 Å². The topological polar surface area (TPSA) is 83.9 Å². The van der Waals surface area contributed by atoms with Crippen molar-refractivity contribution >= 4 is 35.0 Å². The maximum atomic E-state index is 12.2. The second-order valence-corrected chi connectivity index (χ2v) is 5.57. The maximum Gasteiger partial charge on any atom is 0.303 e. The van der Waals surface area contributed by atoms with Gasteiger partial charge in [0.05, 0.1) is 12.0 Å². The predicted molar refractivity (Wildman–Crippen MR) is 82.5 cm³/mol. The molecule has 0 radical (unpaired) electrons. The number of methoxy groups -OCH3 is 1. The lowest BCUT2D eigenvalue weighted by Crippen LogP contribution is -2.29. The van der Waals surface area contributed by atoms with Crippen molar-refractivity contribution in [2.45, 2.75) is 12.8 Å². The zero-order valence-electron chi connectivity index (χ0n) is 11.9. The molecule has 0 aliphatic carbocycles. The highest BCUT2D eigenvalue weighted by Gasteiger charge is 2.34. The summed E-state index contributed by atoms with van der Waals surface area (Å²) < 4.78 is 5.21. The molecular formula is C15H15NO5S. The summed E-state index contributed by atoms with van der Waals surface area (Å²) in [5.74, 6) is -0.733. The van der Waals surface area contributed by atoms with Gasteiger partial charge in [-0.2, -0.15) is 0 Å². The second-order valence-electron chi connectivity index (χ2n) is 4.57. The molecule has 1 aromatic carbocycles. The number of carbonyl (C=O) groups excluding carboxylic acids is 2. The summed E-state index contributed by atoms with van der Waals surface area (Å²) in [6, 6.07) is 7.18. The van der Waals surface area contributed by atoms with Crippen LogP contribution in [0.4, 0.5) is 4.79 Å². The molecule has 0 atom stereocenters. The van der Waals surface area contributed by atoms with E-state index in [9.17, 15) is 14.4 Å². The van der Waals surface area contributed by atoms with Crippen molar-refractivity contribution in [3.63, 3.8) is 0 Å². The zero-order chi connectivity index (χ0) is 16.1. The Labute approximate surface area is 131 Å². The number of ether oxygens (including phenoxy) is 1. The van der Waals surface area contributed by atoms with Crippen LogP contribution in [0.25, 0.3) is 6.08 Å². The van der Waals surface area contributed by atoms with E-state index < -0.39 is 11.9 Å². The van der Waals surface area contributed by atoms with E-state index >= 15 is 0 Å². The summed E-state index contributed by atoms with van der Waals surface area (Å²) in [6.45, 7) is 0.111. The molecule has 6 nitrogen and oxygen atoms in total. The first-order valence-corrected chi connectivity index (χ1v) is 7.44. The number of hydrogen-bond donors (Lipinski definition) is 1. The van der Waals surface area contributed by atoms with E-state index in [2.05, 4.69) is 0 Å². The van der Waals surface area contributed by atoms with E-state index in [0.717, 1.165) is 16.7 Å². The summed E-state index contributed by atoms with van der Waals surface area (Å²) in [7, 11) is 1.53. The number of thioether (sulfide) groups is 1. The molecule has 1 aromatic rings. The lowest BCUT2D eigenvalue weighted by atomic mass is 10.2. The lowest BCUT2D eigenvalue weighted by Gasteiger charge is -2.10. The molecule has 2 amide bonds. The molecule has 0 aromatic heterocycles. The molecule has 0 unspecified atom stereocenters. The van der Waals surface area contributed by atoms with Gasteiger partial charge in [0.25, 0.3) is 11.1 Å². The monoisotopic (exact) mass is 321 g/mol. The number of para-hydroxylation sites is 1. The van der Waals surface area contributed by atoms with E-state index in [4.69, 9.17) is 9.84 Å². The summed E-state index contributed by atoms with van der Waals surface area (Å²) in [6.07, 6.45) is 1.78. The van der Waals surface area contributed by atoms with Crippen molar-refractivity contribution in [3.8, 4) is 5.75 Å². The van der Waals surface area contributed by atoms with Gasteiger partial charge >= 0.3 is 5.97 Å². The standard InChI is InChI=1S/C15H15NO5S/c1-21-11-6-3-2-5-10(11)9-12-14(19)16(15(20)22-12)8-4-7-13(17)18/h2-3,5-6,9H,4,7-8H2,1H3,(H,17,18)/b12-9+. The first kappa shape index (κ1) is 16.1. The van der Waals surface area contributed by atoms with Crippen LogP contribution in [0.2, 0.25) is 0 Å². The Morgan fingerprint density at radius 1 is 1.36 bits per heavy atom. The normalized spacial score (nSPS) is 16.4. The van der Waals surface area contributed by atoms with Crippen molar-refractivity contribution in [1.82, 2.24) is 4.90 Å². The Bertz CT molecular complexity index is 641. The molecule has 7 heteroatoms. The number of nitrogens with zero attached hydrogens (tertiary/aromatic N) is 1. The van der Waals surface area contributed by atoms with Gasteiger partial charge in [-0.05, 0) is 30.3 Å². The van der Waals surface area contributed by atoms with Crippen LogP contribution in [0.1, 0.15) is 18.4 Å². The van der Waals surface area contributed by atoms with E-state index in [0.29, 0.717) is 16.2 Å². The van der Waals surface area contributed by atoms with Crippen molar-refractivity contribution < 1.29 is 24.2 Å². The molecule has 1 aliphatic rings.